The SMILES string of the molecule is O=P(c1ccccc1)(c1ccccc1)c1ccc(-c2cccc3c2Sc2ccccc2C32c3ccccc3-n3c4ccccc4c4cccc2c43)cc1. The Morgan fingerprint density at radius 1 is 0.453 bits per heavy atom. The van der Waals surface area contributed by atoms with E-state index in [1.165, 1.54) is 65.1 Å². The summed E-state index contributed by atoms with van der Waals surface area (Å²) in [5.41, 5.74) is 10.7. The minimum atomic E-state index is -3.09. The highest BCUT2D eigenvalue weighted by atomic mass is 32.2. The minimum Gasteiger partial charge on any atom is -0.309 e. The minimum absolute atomic E-state index is 0.538. The molecule has 0 saturated carbocycles. The highest BCUT2D eigenvalue weighted by molar-refractivity contribution is 7.99. The zero-order chi connectivity index (χ0) is 35.1. The van der Waals surface area contributed by atoms with E-state index < -0.39 is 12.6 Å². The second kappa shape index (κ2) is 11.6. The van der Waals surface area contributed by atoms with E-state index >= 15 is 4.57 Å². The molecule has 1 atom stereocenters. The highest BCUT2D eigenvalue weighted by Crippen LogP contribution is 2.61. The Labute approximate surface area is 312 Å². The van der Waals surface area contributed by atoms with E-state index in [4.69, 9.17) is 0 Å². The van der Waals surface area contributed by atoms with Crippen molar-refractivity contribution in [2.24, 2.45) is 0 Å². The van der Waals surface area contributed by atoms with Gasteiger partial charge < -0.3 is 9.13 Å². The van der Waals surface area contributed by atoms with E-state index in [0.717, 1.165) is 21.5 Å². The molecule has 3 heterocycles. The standard InChI is InChI=1S/C49H32NOPS/c51-52(34-15-3-1-4-16-34,35-17-5-2-6-18-35)36-31-29-33(30-32-36)37-20-13-25-43-48(37)53-46-28-12-9-23-41(46)49(43)40-22-8-11-27-45(40)50-44-26-10-7-19-38(44)39-21-14-24-42(49)47(39)50/h1-32H. The molecule has 1 spiro atoms. The number of hydrogen-bond donors (Lipinski definition) is 0. The first-order chi connectivity index (χ1) is 26.2. The number of nitrogens with zero attached hydrogens (tertiary/aromatic N) is 1. The molecule has 0 aliphatic carbocycles. The Bertz CT molecular complexity index is 2910. The van der Waals surface area contributed by atoms with Gasteiger partial charge in [0.2, 0.25) is 0 Å². The van der Waals surface area contributed by atoms with Gasteiger partial charge in [-0.25, -0.2) is 0 Å². The van der Waals surface area contributed by atoms with Crippen molar-refractivity contribution in [1.82, 2.24) is 4.57 Å². The van der Waals surface area contributed by atoms with Crippen molar-refractivity contribution in [3.05, 3.63) is 216 Å². The van der Waals surface area contributed by atoms with Gasteiger partial charge in [0, 0.05) is 36.5 Å². The Kier molecular flexibility index (Phi) is 6.71. The van der Waals surface area contributed by atoms with Gasteiger partial charge in [-0.05, 0) is 51.6 Å². The van der Waals surface area contributed by atoms with Crippen molar-refractivity contribution in [3.63, 3.8) is 0 Å². The smallest absolute Gasteiger partial charge is 0.171 e. The number of benzene rings is 8. The third-order valence-electron chi connectivity index (χ3n) is 11.4. The maximum Gasteiger partial charge on any atom is 0.171 e. The first-order valence-corrected chi connectivity index (χ1v) is 20.6. The monoisotopic (exact) mass is 713 g/mol. The molecule has 8 aromatic carbocycles. The molecule has 0 bridgehead atoms. The van der Waals surface area contributed by atoms with Crippen LogP contribution in [0.1, 0.15) is 22.3 Å². The molecule has 2 nitrogen and oxygen atoms in total. The van der Waals surface area contributed by atoms with Crippen LogP contribution in [-0.4, -0.2) is 4.57 Å². The van der Waals surface area contributed by atoms with Crippen molar-refractivity contribution >= 4 is 56.6 Å². The zero-order valence-corrected chi connectivity index (χ0v) is 30.4. The Morgan fingerprint density at radius 2 is 1.02 bits per heavy atom. The Morgan fingerprint density at radius 3 is 1.79 bits per heavy atom. The van der Waals surface area contributed by atoms with Crippen LogP contribution in [0.3, 0.4) is 0 Å². The molecule has 11 rings (SSSR count). The molecule has 1 unspecified atom stereocenters. The van der Waals surface area contributed by atoms with E-state index in [0.29, 0.717) is 0 Å². The third kappa shape index (κ3) is 4.15. The van der Waals surface area contributed by atoms with Crippen molar-refractivity contribution in [3.8, 4) is 16.8 Å². The third-order valence-corrected chi connectivity index (χ3v) is 15.6. The van der Waals surface area contributed by atoms with Gasteiger partial charge in [0.25, 0.3) is 0 Å². The maximum atomic E-state index is 15.2. The van der Waals surface area contributed by atoms with Gasteiger partial charge in [-0.15, -0.1) is 0 Å². The number of para-hydroxylation sites is 3. The maximum absolute atomic E-state index is 15.2. The van der Waals surface area contributed by atoms with Crippen molar-refractivity contribution in [2.45, 2.75) is 15.2 Å². The molecule has 53 heavy (non-hydrogen) atoms. The highest BCUT2D eigenvalue weighted by Gasteiger charge is 2.49. The fourth-order valence-electron chi connectivity index (χ4n) is 9.15. The van der Waals surface area contributed by atoms with Crippen LogP contribution in [0.4, 0.5) is 0 Å². The van der Waals surface area contributed by atoms with Gasteiger partial charge >= 0.3 is 0 Å². The van der Waals surface area contributed by atoms with Gasteiger partial charge in [-0.1, -0.05) is 188 Å². The molecule has 0 radical (unpaired) electrons. The molecule has 2 aliphatic rings. The van der Waals surface area contributed by atoms with Gasteiger partial charge in [0.1, 0.15) is 0 Å². The molecule has 9 aromatic rings. The number of hydrogen-bond acceptors (Lipinski definition) is 2. The largest absolute Gasteiger partial charge is 0.309 e. The lowest BCUT2D eigenvalue weighted by molar-refractivity contribution is 0.592. The van der Waals surface area contributed by atoms with Crippen LogP contribution >= 0.6 is 18.9 Å². The van der Waals surface area contributed by atoms with Gasteiger partial charge in [0.05, 0.1) is 22.1 Å². The molecule has 0 saturated heterocycles. The van der Waals surface area contributed by atoms with Gasteiger partial charge in [0.15, 0.2) is 7.14 Å². The topological polar surface area (TPSA) is 22.0 Å². The quantitative estimate of drug-likeness (QED) is 0.169. The summed E-state index contributed by atoms with van der Waals surface area (Å²) >= 11 is 1.86. The van der Waals surface area contributed by atoms with Crippen LogP contribution in [0.25, 0.3) is 38.6 Å². The van der Waals surface area contributed by atoms with Crippen molar-refractivity contribution in [2.75, 3.05) is 0 Å². The summed E-state index contributed by atoms with van der Waals surface area (Å²) in [5.74, 6) is 0. The first-order valence-electron chi connectivity index (χ1n) is 18.0. The summed E-state index contributed by atoms with van der Waals surface area (Å²) in [4.78, 5) is 2.52. The second-order valence-corrected chi connectivity index (χ2v) is 17.7. The predicted octanol–water partition coefficient (Wildman–Crippen LogP) is 11.3. The normalized spacial score (nSPS) is 15.6. The summed E-state index contributed by atoms with van der Waals surface area (Å²) in [5, 5.41) is 5.06. The second-order valence-electron chi connectivity index (χ2n) is 13.9. The van der Waals surface area contributed by atoms with Crippen LogP contribution in [0.2, 0.25) is 0 Å². The van der Waals surface area contributed by atoms with Crippen LogP contribution in [0.15, 0.2) is 204 Å². The molecule has 0 amide bonds. The van der Waals surface area contributed by atoms with E-state index in [1.807, 2.05) is 72.4 Å². The summed E-state index contributed by atoms with van der Waals surface area (Å²) < 4.78 is 17.7. The number of rotatable bonds is 4. The van der Waals surface area contributed by atoms with E-state index in [-0.39, 0.29) is 0 Å². The molecular formula is C49H32NOPS. The zero-order valence-electron chi connectivity index (χ0n) is 28.7. The average molecular weight is 714 g/mol. The molecule has 0 fully saturated rings. The lowest BCUT2D eigenvalue weighted by atomic mass is 9.62. The number of aromatic nitrogens is 1. The van der Waals surface area contributed by atoms with Gasteiger partial charge in [-0.3, -0.25) is 0 Å². The molecule has 250 valence electrons. The number of fused-ring (bicyclic) bond motifs is 11. The Balaban J connectivity index is 1.17. The lowest BCUT2D eigenvalue weighted by Crippen LogP contribution is -2.37. The van der Waals surface area contributed by atoms with Crippen LogP contribution in [0.5, 0.6) is 0 Å². The summed E-state index contributed by atoms with van der Waals surface area (Å²) in [6.07, 6.45) is 0. The predicted molar refractivity (Wildman–Crippen MR) is 222 cm³/mol. The fraction of sp³-hybridized carbons (Fsp3) is 0.0204. The summed E-state index contributed by atoms with van der Waals surface area (Å²) in [6, 6.07) is 68.9. The Hall–Kier alpha value is -5.86. The van der Waals surface area contributed by atoms with E-state index in [2.05, 4.69) is 138 Å². The lowest BCUT2D eigenvalue weighted by Gasteiger charge is -2.45. The molecule has 2 aliphatic heterocycles. The summed E-state index contributed by atoms with van der Waals surface area (Å²) in [7, 11) is -3.09. The van der Waals surface area contributed by atoms with E-state index in [1.54, 1.807) is 0 Å². The summed E-state index contributed by atoms with van der Waals surface area (Å²) in [6.45, 7) is 0. The molecule has 4 heteroatoms. The van der Waals surface area contributed by atoms with Crippen LogP contribution in [0, 0.1) is 0 Å². The van der Waals surface area contributed by atoms with Crippen molar-refractivity contribution < 1.29 is 4.57 Å². The van der Waals surface area contributed by atoms with Crippen LogP contribution in [-0.2, 0) is 9.98 Å². The molecule has 1 aromatic heterocycles. The van der Waals surface area contributed by atoms with Crippen molar-refractivity contribution in [1.29, 1.82) is 0 Å². The molecule has 0 N–H and O–H groups in total. The average Bonchev–Trinajstić information content (AvgIpc) is 3.58. The van der Waals surface area contributed by atoms with Gasteiger partial charge in [-0.2, -0.15) is 0 Å². The fourth-order valence-corrected chi connectivity index (χ4v) is 13.1. The first kappa shape index (κ1) is 30.7. The molecular weight excluding hydrogens is 682 g/mol. The van der Waals surface area contributed by atoms with E-state index in [9.17, 15) is 0 Å². The van der Waals surface area contributed by atoms with Crippen LogP contribution < -0.4 is 15.9 Å².